The lowest BCUT2D eigenvalue weighted by Gasteiger charge is -2.22. The van der Waals surface area contributed by atoms with E-state index in [1.807, 2.05) is 6.92 Å². The van der Waals surface area contributed by atoms with Gasteiger partial charge in [-0.2, -0.15) is 0 Å². The second-order valence-electron chi connectivity index (χ2n) is 5.59. The second-order valence-corrected chi connectivity index (χ2v) is 5.59. The summed E-state index contributed by atoms with van der Waals surface area (Å²) in [5.74, 6) is 0.629. The maximum Gasteiger partial charge on any atom is 0.144 e. The Balaban J connectivity index is 2.10. The smallest absolute Gasteiger partial charge is 0.144 e. The average molecular weight is 228 g/mol. The number of β-amino-alcohol motifs (C(OH)–C–C–N with tert-alkyl or cyclic N) is 1. The summed E-state index contributed by atoms with van der Waals surface area (Å²) in [7, 11) is 0. The van der Waals surface area contributed by atoms with Crippen molar-refractivity contribution in [3.63, 3.8) is 0 Å². The Hall–Kier alpha value is -0.610. The van der Waals surface area contributed by atoms with Gasteiger partial charge in [0.25, 0.3) is 0 Å². The van der Waals surface area contributed by atoms with E-state index >= 15 is 0 Å². The molecule has 0 heterocycles. The summed E-state index contributed by atoms with van der Waals surface area (Å²) in [5, 5.41) is 16.8. The van der Waals surface area contributed by atoms with Crippen molar-refractivity contribution in [3.05, 3.63) is 0 Å². The molecule has 0 amide bonds. The van der Waals surface area contributed by atoms with E-state index in [-0.39, 0.29) is 12.1 Å². The topological polar surface area (TPSA) is 53.9 Å². The van der Waals surface area contributed by atoms with Crippen LogP contribution in [-0.4, -0.2) is 35.6 Å². The molecule has 4 heteroatoms. The van der Waals surface area contributed by atoms with E-state index < -0.39 is 6.10 Å². The molecule has 0 aromatic heterocycles. The molecule has 0 radical (unpaired) electrons. The molecular weight excluding hydrogens is 204 g/mol. The van der Waals surface area contributed by atoms with Gasteiger partial charge in [0.1, 0.15) is 12.7 Å². The zero-order chi connectivity index (χ0) is 12.2. The van der Waals surface area contributed by atoms with Crippen LogP contribution in [0.2, 0.25) is 0 Å². The zero-order valence-corrected chi connectivity index (χ0v) is 10.8. The van der Waals surface area contributed by atoms with Crippen LogP contribution in [-0.2, 0) is 4.84 Å². The summed E-state index contributed by atoms with van der Waals surface area (Å²) in [6, 6.07) is 0. The molecule has 1 aliphatic rings. The van der Waals surface area contributed by atoms with Crippen LogP contribution in [0.5, 0.6) is 0 Å². The molecule has 0 aromatic carbocycles. The first-order chi connectivity index (χ1) is 7.38. The van der Waals surface area contributed by atoms with Gasteiger partial charge >= 0.3 is 0 Å². The number of aliphatic hydroxyl groups excluding tert-OH is 1. The van der Waals surface area contributed by atoms with Gasteiger partial charge in [0, 0.05) is 18.0 Å². The van der Waals surface area contributed by atoms with Gasteiger partial charge < -0.3 is 15.3 Å². The molecule has 1 atom stereocenters. The zero-order valence-electron chi connectivity index (χ0n) is 10.8. The first-order valence-corrected chi connectivity index (χ1v) is 5.98. The Morgan fingerprint density at radius 2 is 2.12 bits per heavy atom. The van der Waals surface area contributed by atoms with Crippen LogP contribution in [0.3, 0.4) is 0 Å². The summed E-state index contributed by atoms with van der Waals surface area (Å²) in [4.78, 5) is 5.12. The van der Waals surface area contributed by atoms with Gasteiger partial charge in [-0.15, -0.1) is 0 Å². The molecule has 0 aliphatic heterocycles. The standard InChI is InChI=1S/C12H24N2O2/c1-9(10-5-6-10)14-16-8-11(15)7-13-12(2,3)4/h10-11,13,15H,5-8H2,1-4H3/t11-/m1/s1. The van der Waals surface area contributed by atoms with Crippen molar-refractivity contribution in [1.82, 2.24) is 5.32 Å². The van der Waals surface area contributed by atoms with E-state index in [1.54, 1.807) is 0 Å². The molecule has 0 bridgehead atoms. The Morgan fingerprint density at radius 3 is 2.62 bits per heavy atom. The van der Waals surface area contributed by atoms with Crippen LogP contribution in [0.1, 0.15) is 40.5 Å². The van der Waals surface area contributed by atoms with Gasteiger partial charge in [-0.1, -0.05) is 5.16 Å². The molecule has 4 nitrogen and oxygen atoms in total. The average Bonchev–Trinajstić information content (AvgIpc) is 2.96. The quantitative estimate of drug-likeness (QED) is 0.535. The first-order valence-electron chi connectivity index (χ1n) is 5.98. The van der Waals surface area contributed by atoms with E-state index in [0.29, 0.717) is 12.5 Å². The van der Waals surface area contributed by atoms with Gasteiger partial charge in [0.15, 0.2) is 0 Å². The van der Waals surface area contributed by atoms with Gasteiger partial charge in [-0.05, 0) is 40.5 Å². The molecule has 0 aromatic rings. The highest BCUT2D eigenvalue weighted by Gasteiger charge is 2.24. The summed E-state index contributed by atoms with van der Waals surface area (Å²) in [5.41, 5.74) is 1.07. The summed E-state index contributed by atoms with van der Waals surface area (Å²) < 4.78 is 0. The summed E-state index contributed by atoms with van der Waals surface area (Å²) in [6.07, 6.45) is 1.95. The highest BCUT2D eigenvalue weighted by Crippen LogP contribution is 2.30. The molecule has 1 fully saturated rings. The highest BCUT2D eigenvalue weighted by molar-refractivity contribution is 5.85. The monoisotopic (exact) mass is 228 g/mol. The van der Waals surface area contributed by atoms with Crippen molar-refractivity contribution in [3.8, 4) is 0 Å². The third-order valence-corrected chi connectivity index (χ3v) is 2.51. The van der Waals surface area contributed by atoms with Gasteiger partial charge in [0.05, 0.1) is 5.71 Å². The minimum atomic E-state index is -0.505. The third-order valence-electron chi connectivity index (χ3n) is 2.51. The molecule has 0 saturated heterocycles. The Kier molecular flexibility index (Phi) is 4.74. The number of nitrogens with zero attached hydrogens (tertiary/aromatic N) is 1. The fourth-order valence-corrected chi connectivity index (χ4v) is 1.28. The fraction of sp³-hybridized carbons (Fsp3) is 0.917. The van der Waals surface area contributed by atoms with E-state index in [4.69, 9.17) is 4.84 Å². The van der Waals surface area contributed by atoms with Gasteiger partial charge in [0.2, 0.25) is 0 Å². The van der Waals surface area contributed by atoms with Crippen LogP contribution in [0.4, 0.5) is 0 Å². The first kappa shape index (κ1) is 13.5. The number of oxime groups is 1. The summed E-state index contributed by atoms with van der Waals surface area (Å²) in [6.45, 7) is 8.97. The van der Waals surface area contributed by atoms with Crippen molar-refractivity contribution in [2.45, 2.75) is 52.2 Å². The predicted octanol–water partition coefficient (Wildman–Crippen LogP) is 1.54. The van der Waals surface area contributed by atoms with Gasteiger partial charge in [-0.3, -0.25) is 0 Å². The van der Waals surface area contributed by atoms with Crippen LogP contribution in [0, 0.1) is 5.92 Å². The normalized spacial score (nSPS) is 19.7. The molecule has 16 heavy (non-hydrogen) atoms. The SMILES string of the molecule is CC(=NOC[C@H](O)CNC(C)(C)C)C1CC1. The van der Waals surface area contributed by atoms with Gasteiger partial charge in [-0.25, -0.2) is 0 Å². The van der Waals surface area contributed by atoms with Crippen molar-refractivity contribution in [2.24, 2.45) is 11.1 Å². The molecule has 0 spiro atoms. The lowest BCUT2D eigenvalue weighted by Crippen LogP contribution is -2.42. The largest absolute Gasteiger partial charge is 0.393 e. The lowest BCUT2D eigenvalue weighted by molar-refractivity contribution is 0.0368. The van der Waals surface area contributed by atoms with Crippen molar-refractivity contribution >= 4 is 5.71 Å². The maximum atomic E-state index is 9.62. The van der Waals surface area contributed by atoms with E-state index in [1.165, 1.54) is 12.8 Å². The van der Waals surface area contributed by atoms with Crippen LogP contribution in [0.15, 0.2) is 5.16 Å². The minimum absolute atomic E-state index is 0.0220. The van der Waals surface area contributed by atoms with Crippen LogP contribution < -0.4 is 5.32 Å². The number of hydrogen-bond acceptors (Lipinski definition) is 4. The summed E-state index contributed by atoms with van der Waals surface area (Å²) >= 11 is 0. The van der Waals surface area contributed by atoms with Crippen LogP contribution in [0.25, 0.3) is 0 Å². The molecule has 1 rings (SSSR count). The molecule has 1 saturated carbocycles. The number of rotatable bonds is 6. The Morgan fingerprint density at radius 1 is 1.50 bits per heavy atom. The second kappa shape index (κ2) is 5.64. The fourth-order valence-electron chi connectivity index (χ4n) is 1.28. The minimum Gasteiger partial charge on any atom is -0.393 e. The van der Waals surface area contributed by atoms with E-state index in [0.717, 1.165) is 5.71 Å². The van der Waals surface area contributed by atoms with Crippen LogP contribution >= 0.6 is 0 Å². The maximum absolute atomic E-state index is 9.62. The van der Waals surface area contributed by atoms with E-state index in [9.17, 15) is 5.11 Å². The highest BCUT2D eigenvalue weighted by atomic mass is 16.6. The molecule has 94 valence electrons. The molecule has 0 unspecified atom stereocenters. The molecular formula is C12H24N2O2. The molecule has 2 N–H and O–H groups in total. The lowest BCUT2D eigenvalue weighted by atomic mass is 10.1. The molecule has 1 aliphatic carbocycles. The number of nitrogens with one attached hydrogen (secondary N) is 1. The number of hydrogen-bond donors (Lipinski definition) is 2. The third kappa shape index (κ3) is 6.08. The Bertz CT molecular complexity index is 242. The predicted molar refractivity (Wildman–Crippen MR) is 65.5 cm³/mol. The van der Waals surface area contributed by atoms with E-state index in [2.05, 4.69) is 31.2 Å². The number of aliphatic hydroxyl groups is 1. The van der Waals surface area contributed by atoms with Crippen molar-refractivity contribution in [1.29, 1.82) is 0 Å². The van der Waals surface area contributed by atoms with Crippen molar-refractivity contribution in [2.75, 3.05) is 13.2 Å². The Labute approximate surface area is 98.1 Å². The van der Waals surface area contributed by atoms with Crippen molar-refractivity contribution < 1.29 is 9.94 Å².